The predicted molar refractivity (Wildman–Crippen MR) is 84.7 cm³/mol. The van der Waals surface area contributed by atoms with Crippen LogP contribution in [-0.4, -0.2) is 44.0 Å². The van der Waals surface area contributed by atoms with Crippen LogP contribution < -0.4 is 0 Å². The van der Waals surface area contributed by atoms with Crippen molar-refractivity contribution >= 4 is 46.3 Å². The first kappa shape index (κ1) is 15.7. The van der Waals surface area contributed by atoms with E-state index >= 15 is 0 Å². The van der Waals surface area contributed by atoms with E-state index in [1.807, 2.05) is 31.2 Å². The molecule has 1 fully saturated rings. The highest BCUT2D eigenvalue weighted by molar-refractivity contribution is 8.26. The van der Waals surface area contributed by atoms with Gasteiger partial charge in [0.15, 0.2) is 6.04 Å². The highest BCUT2D eigenvalue weighted by atomic mass is 32.2. The Morgan fingerprint density at radius 1 is 1.52 bits per heavy atom. The second-order valence-corrected chi connectivity index (χ2v) is 6.18. The van der Waals surface area contributed by atoms with E-state index in [4.69, 9.17) is 22.4 Å². The average molecular weight is 323 g/mol. The molecule has 0 aromatic heterocycles. The maximum Gasteiger partial charge on any atom is 0.329 e. The van der Waals surface area contributed by atoms with E-state index in [0.717, 1.165) is 27.8 Å². The molecule has 7 heteroatoms. The van der Waals surface area contributed by atoms with E-state index in [2.05, 4.69) is 0 Å². The SMILES string of the molecule is Cc1cccc(/C=C2\SC(=S)N(C(CO)C(=O)O)C2=O)c1. The Morgan fingerprint density at radius 2 is 2.24 bits per heavy atom. The number of carboxylic acids is 1. The van der Waals surface area contributed by atoms with E-state index in [9.17, 15) is 9.59 Å². The number of aliphatic carboxylic acids is 1. The average Bonchev–Trinajstić information content (AvgIpc) is 2.67. The second kappa shape index (κ2) is 6.38. The molecule has 0 radical (unpaired) electrons. The first-order valence-electron chi connectivity index (χ1n) is 6.11. The molecule has 0 aliphatic carbocycles. The molecule has 0 saturated carbocycles. The van der Waals surface area contributed by atoms with Crippen molar-refractivity contribution < 1.29 is 19.8 Å². The van der Waals surface area contributed by atoms with Gasteiger partial charge >= 0.3 is 5.97 Å². The number of thiocarbonyl (C=S) groups is 1. The molecule has 110 valence electrons. The molecule has 1 unspecified atom stereocenters. The van der Waals surface area contributed by atoms with Crippen molar-refractivity contribution in [2.24, 2.45) is 0 Å². The number of aliphatic hydroxyl groups is 1. The number of carbonyl (C=O) groups excluding carboxylic acids is 1. The summed E-state index contributed by atoms with van der Waals surface area (Å²) in [6.45, 7) is 1.26. The summed E-state index contributed by atoms with van der Waals surface area (Å²) >= 11 is 6.09. The van der Waals surface area contributed by atoms with E-state index in [1.165, 1.54) is 0 Å². The fourth-order valence-corrected chi connectivity index (χ4v) is 3.29. The standard InChI is InChI=1S/C14H13NO4S2/c1-8-3-2-4-9(5-8)6-11-12(17)15(14(20)21-11)10(7-16)13(18)19/h2-6,10,16H,7H2,1H3,(H,18,19)/b11-6-. The van der Waals surface area contributed by atoms with E-state index < -0.39 is 24.5 Å². The summed E-state index contributed by atoms with van der Waals surface area (Å²) in [6, 6.07) is 6.22. The van der Waals surface area contributed by atoms with Crippen molar-refractivity contribution in [3.05, 3.63) is 40.3 Å². The third kappa shape index (κ3) is 3.31. The van der Waals surface area contributed by atoms with Crippen molar-refractivity contribution in [1.29, 1.82) is 0 Å². The van der Waals surface area contributed by atoms with Gasteiger partial charge in [-0.3, -0.25) is 9.69 Å². The Hall–Kier alpha value is -1.70. The largest absolute Gasteiger partial charge is 0.480 e. The van der Waals surface area contributed by atoms with Crippen LogP contribution in [-0.2, 0) is 9.59 Å². The number of benzene rings is 1. The lowest BCUT2D eigenvalue weighted by atomic mass is 10.1. The van der Waals surface area contributed by atoms with Gasteiger partial charge in [-0.1, -0.05) is 53.8 Å². The van der Waals surface area contributed by atoms with Crippen LogP contribution in [0, 0.1) is 6.92 Å². The first-order chi connectivity index (χ1) is 9.93. The highest BCUT2D eigenvalue weighted by Gasteiger charge is 2.40. The highest BCUT2D eigenvalue weighted by Crippen LogP contribution is 2.34. The van der Waals surface area contributed by atoms with Gasteiger partial charge in [-0.15, -0.1) is 0 Å². The minimum Gasteiger partial charge on any atom is -0.480 e. The van der Waals surface area contributed by atoms with Crippen LogP contribution in [0.1, 0.15) is 11.1 Å². The van der Waals surface area contributed by atoms with Crippen LogP contribution in [0.2, 0.25) is 0 Å². The molecule has 0 spiro atoms. The molecule has 21 heavy (non-hydrogen) atoms. The number of nitrogens with zero attached hydrogens (tertiary/aromatic N) is 1. The summed E-state index contributed by atoms with van der Waals surface area (Å²) < 4.78 is 0.139. The number of carbonyl (C=O) groups is 2. The van der Waals surface area contributed by atoms with Gasteiger partial charge in [0.2, 0.25) is 0 Å². The van der Waals surface area contributed by atoms with Crippen LogP contribution in [0.3, 0.4) is 0 Å². The Kier molecular flexibility index (Phi) is 4.76. The number of rotatable bonds is 4. The summed E-state index contributed by atoms with van der Waals surface area (Å²) in [5.41, 5.74) is 1.89. The normalized spacial score (nSPS) is 18.4. The zero-order valence-electron chi connectivity index (χ0n) is 11.1. The third-order valence-corrected chi connectivity index (χ3v) is 4.26. The van der Waals surface area contributed by atoms with Crippen molar-refractivity contribution in [1.82, 2.24) is 4.90 Å². The van der Waals surface area contributed by atoms with Gasteiger partial charge in [0, 0.05) is 0 Å². The van der Waals surface area contributed by atoms with Crippen molar-refractivity contribution in [3.8, 4) is 0 Å². The molecule has 2 rings (SSSR count). The minimum absolute atomic E-state index is 0.139. The molecule has 0 bridgehead atoms. The minimum atomic E-state index is -1.35. The molecule has 2 N–H and O–H groups in total. The molecule has 1 aliphatic rings. The quantitative estimate of drug-likeness (QED) is 0.648. The zero-order chi connectivity index (χ0) is 15.6. The number of carboxylic acid groups (broad SMARTS) is 1. The molecule has 1 aromatic carbocycles. The summed E-state index contributed by atoms with van der Waals surface area (Å²) in [7, 11) is 0. The van der Waals surface area contributed by atoms with E-state index in [1.54, 1.807) is 6.08 Å². The Labute approximate surface area is 131 Å². The monoisotopic (exact) mass is 323 g/mol. The molecule has 1 aliphatic heterocycles. The summed E-state index contributed by atoms with van der Waals surface area (Å²) in [4.78, 5) is 24.7. The predicted octanol–water partition coefficient (Wildman–Crippen LogP) is 1.64. The summed E-state index contributed by atoms with van der Waals surface area (Å²) in [6.07, 6.45) is 1.67. The van der Waals surface area contributed by atoms with Gasteiger partial charge in [0.1, 0.15) is 4.32 Å². The van der Waals surface area contributed by atoms with Gasteiger partial charge in [-0.05, 0) is 18.6 Å². The van der Waals surface area contributed by atoms with Crippen molar-refractivity contribution in [2.45, 2.75) is 13.0 Å². The molecule has 1 atom stereocenters. The van der Waals surface area contributed by atoms with Crippen LogP contribution >= 0.6 is 24.0 Å². The van der Waals surface area contributed by atoms with Crippen LogP contribution in [0.15, 0.2) is 29.2 Å². The number of hydrogen-bond acceptors (Lipinski definition) is 5. The molecular formula is C14H13NO4S2. The zero-order valence-corrected chi connectivity index (χ0v) is 12.8. The third-order valence-electron chi connectivity index (χ3n) is 2.93. The molecule has 1 saturated heterocycles. The second-order valence-electron chi connectivity index (χ2n) is 4.50. The van der Waals surface area contributed by atoms with Crippen LogP contribution in [0.4, 0.5) is 0 Å². The summed E-state index contributed by atoms with van der Waals surface area (Å²) in [5, 5.41) is 18.2. The van der Waals surface area contributed by atoms with Crippen LogP contribution in [0.25, 0.3) is 6.08 Å². The molecule has 1 aromatic rings. The Balaban J connectivity index is 2.31. The topological polar surface area (TPSA) is 77.8 Å². The fraction of sp³-hybridized carbons (Fsp3) is 0.214. The Bertz CT molecular complexity index is 642. The fourth-order valence-electron chi connectivity index (χ4n) is 1.93. The molecular weight excluding hydrogens is 310 g/mol. The lowest BCUT2D eigenvalue weighted by molar-refractivity contribution is -0.146. The Morgan fingerprint density at radius 3 is 2.81 bits per heavy atom. The maximum absolute atomic E-state index is 12.3. The maximum atomic E-state index is 12.3. The number of thioether (sulfide) groups is 1. The van der Waals surface area contributed by atoms with Crippen molar-refractivity contribution in [3.63, 3.8) is 0 Å². The lowest BCUT2D eigenvalue weighted by Gasteiger charge is -2.20. The molecule has 1 amide bonds. The van der Waals surface area contributed by atoms with Gasteiger partial charge in [-0.2, -0.15) is 0 Å². The van der Waals surface area contributed by atoms with Gasteiger partial charge in [0.25, 0.3) is 5.91 Å². The number of aryl methyl sites for hydroxylation is 1. The van der Waals surface area contributed by atoms with Crippen molar-refractivity contribution in [2.75, 3.05) is 6.61 Å². The van der Waals surface area contributed by atoms with Gasteiger partial charge < -0.3 is 10.2 Å². The lowest BCUT2D eigenvalue weighted by Crippen LogP contribution is -2.46. The van der Waals surface area contributed by atoms with Gasteiger partial charge in [0.05, 0.1) is 11.5 Å². The first-order valence-corrected chi connectivity index (χ1v) is 7.34. The molecule has 1 heterocycles. The van der Waals surface area contributed by atoms with Crippen LogP contribution in [0.5, 0.6) is 0 Å². The summed E-state index contributed by atoms with van der Waals surface area (Å²) in [5.74, 6) is -1.78. The smallest absolute Gasteiger partial charge is 0.329 e. The molecule has 5 nitrogen and oxygen atoms in total. The number of hydrogen-bond donors (Lipinski definition) is 2. The number of amides is 1. The van der Waals surface area contributed by atoms with E-state index in [0.29, 0.717) is 4.91 Å². The number of aliphatic hydroxyl groups excluding tert-OH is 1. The van der Waals surface area contributed by atoms with E-state index in [-0.39, 0.29) is 4.32 Å². The van der Waals surface area contributed by atoms with Gasteiger partial charge in [-0.25, -0.2) is 4.79 Å².